The van der Waals surface area contributed by atoms with E-state index in [9.17, 15) is 14.4 Å². The summed E-state index contributed by atoms with van der Waals surface area (Å²) < 4.78 is 17.0. The van der Waals surface area contributed by atoms with Gasteiger partial charge in [-0.25, -0.2) is 0 Å². The molecule has 468 valence electrons. The fourth-order valence-corrected chi connectivity index (χ4v) is 10.7. The van der Waals surface area contributed by atoms with E-state index in [4.69, 9.17) is 14.2 Å². The van der Waals surface area contributed by atoms with E-state index in [1.165, 1.54) is 263 Å². The minimum Gasteiger partial charge on any atom is -0.462 e. The van der Waals surface area contributed by atoms with E-state index >= 15 is 0 Å². The maximum Gasteiger partial charge on any atom is 0.306 e. The van der Waals surface area contributed by atoms with Crippen LogP contribution in [0, 0.1) is 0 Å². The van der Waals surface area contributed by atoms with Crippen LogP contribution in [0.3, 0.4) is 0 Å². The Morgan fingerprint density at radius 2 is 0.450 bits per heavy atom. The second kappa shape index (κ2) is 68.9. The van der Waals surface area contributed by atoms with Crippen LogP contribution in [0.5, 0.6) is 0 Å². The third-order valence-corrected chi connectivity index (χ3v) is 16.1. The van der Waals surface area contributed by atoms with Crippen LogP contribution in [-0.2, 0) is 28.6 Å². The SMILES string of the molecule is CCCCC/C=C\C/C=C\CCCCCCCCCCCC(=O)OC(COC(=O)CCCCCCC/C=C\C/C=C\CCCCCC)COC(=O)CCCCCCCCCCCCCCCCCCCCCCCCCCCCC. The van der Waals surface area contributed by atoms with Crippen molar-refractivity contribution in [2.45, 2.75) is 393 Å². The van der Waals surface area contributed by atoms with Crippen LogP contribution in [0.4, 0.5) is 0 Å². The second-order valence-electron chi connectivity index (χ2n) is 24.1. The van der Waals surface area contributed by atoms with Gasteiger partial charge in [0.05, 0.1) is 0 Å². The molecule has 0 aromatic rings. The number of carbonyl (C=O) groups excluding carboxylic acids is 3. The predicted octanol–water partition coefficient (Wildman–Crippen LogP) is 24.5. The monoisotopic (exact) mass is 1120 g/mol. The Labute approximate surface area is 498 Å². The first kappa shape index (κ1) is 77.4. The van der Waals surface area contributed by atoms with Crippen LogP contribution in [-0.4, -0.2) is 37.2 Å². The molecule has 1 unspecified atom stereocenters. The molecule has 0 aliphatic heterocycles. The van der Waals surface area contributed by atoms with Gasteiger partial charge in [0, 0.05) is 19.3 Å². The number of rotatable bonds is 66. The zero-order valence-electron chi connectivity index (χ0n) is 53.9. The van der Waals surface area contributed by atoms with Gasteiger partial charge < -0.3 is 14.2 Å². The molecule has 0 radical (unpaired) electrons. The van der Waals surface area contributed by atoms with Crippen LogP contribution < -0.4 is 0 Å². The quantitative estimate of drug-likeness (QED) is 0.0261. The van der Waals surface area contributed by atoms with Gasteiger partial charge in [0.25, 0.3) is 0 Å². The number of ether oxygens (including phenoxy) is 3. The van der Waals surface area contributed by atoms with Crippen molar-refractivity contribution in [1.82, 2.24) is 0 Å². The lowest BCUT2D eigenvalue weighted by molar-refractivity contribution is -0.167. The lowest BCUT2D eigenvalue weighted by Crippen LogP contribution is -2.30. The highest BCUT2D eigenvalue weighted by molar-refractivity contribution is 5.71. The molecule has 6 heteroatoms. The largest absolute Gasteiger partial charge is 0.462 e. The minimum absolute atomic E-state index is 0.0754. The molecule has 0 N–H and O–H groups in total. The van der Waals surface area contributed by atoms with Crippen molar-refractivity contribution in [2.75, 3.05) is 13.2 Å². The molecule has 0 rings (SSSR count). The molecule has 0 spiro atoms. The molecule has 1 atom stereocenters. The molecular weight excluding hydrogens is 985 g/mol. The van der Waals surface area contributed by atoms with Crippen molar-refractivity contribution in [3.05, 3.63) is 48.6 Å². The van der Waals surface area contributed by atoms with Gasteiger partial charge in [0.1, 0.15) is 13.2 Å². The summed E-state index contributed by atoms with van der Waals surface area (Å²) in [5, 5.41) is 0. The molecule has 0 saturated heterocycles. The molecule has 0 aromatic carbocycles. The van der Waals surface area contributed by atoms with Gasteiger partial charge in [-0.2, -0.15) is 0 Å². The number of unbranched alkanes of at least 4 members (excludes halogenated alkanes) is 47. The summed E-state index contributed by atoms with van der Waals surface area (Å²) in [7, 11) is 0. The Bertz CT molecular complexity index is 1380. The minimum atomic E-state index is -0.781. The molecule has 80 heavy (non-hydrogen) atoms. The van der Waals surface area contributed by atoms with E-state index in [1.807, 2.05) is 0 Å². The van der Waals surface area contributed by atoms with Gasteiger partial charge in [-0.05, 0) is 83.5 Å². The van der Waals surface area contributed by atoms with Gasteiger partial charge in [0.2, 0.25) is 0 Å². The Morgan fingerprint density at radius 3 is 0.725 bits per heavy atom. The number of esters is 3. The lowest BCUT2D eigenvalue weighted by Gasteiger charge is -2.18. The van der Waals surface area contributed by atoms with E-state index in [1.54, 1.807) is 0 Å². The Kier molecular flexibility index (Phi) is 66.6. The van der Waals surface area contributed by atoms with Crippen molar-refractivity contribution < 1.29 is 28.6 Å². The normalized spacial score (nSPS) is 12.3. The number of carbonyl (C=O) groups is 3. The molecule has 0 bridgehead atoms. The second-order valence-corrected chi connectivity index (χ2v) is 24.1. The molecule has 0 fully saturated rings. The predicted molar refractivity (Wildman–Crippen MR) is 349 cm³/mol. The highest BCUT2D eigenvalue weighted by Gasteiger charge is 2.19. The van der Waals surface area contributed by atoms with Crippen LogP contribution in [0.15, 0.2) is 48.6 Å². The molecule has 6 nitrogen and oxygen atoms in total. The van der Waals surface area contributed by atoms with Gasteiger partial charge in [-0.1, -0.05) is 333 Å². The van der Waals surface area contributed by atoms with E-state index < -0.39 is 6.10 Å². The third-order valence-electron chi connectivity index (χ3n) is 16.1. The summed E-state index contributed by atoms with van der Waals surface area (Å²) in [4.78, 5) is 38.4. The van der Waals surface area contributed by atoms with Crippen molar-refractivity contribution in [3.63, 3.8) is 0 Å². The van der Waals surface area contributed by atoms with Crippen LogP contribution in [0.25, 0.3) is 0 Å². The van der Waals surface area contributed by atoms with E-state index in [2.05, 4.69) is 69.4 Å². The number of hydrogen-bond acceptors (Lipinski definition) is 6. The topological polar surface area (TPSA) is 78.9 Å². The van der Waals surface area contributed by atoms with E-state index in [0.29, 0.717) is 19.3 Å². The Morgan fingerprint density at radius 1 is 0.250 bits per heavy atom. The molecule has 0 amide bonds. The molecular formula is C74H136O6. The molecule has 0 aromatic heterocycles. The highest BCUT2D eigenvalue weighted by Crippen LogP contribution is 2.18. The van der Waals surface area contributed by atoms with E-state index in [-0.39, 0.29) is 31.1 Å². The average molecular weight is 1120 g/mol. The van der Waals surface area contributed by atoms with Crippen LogP contribution in [0.2, 0.25) is 0 Å². The molecule has 0 saturated carbocycles. The first-order valence-electron chi connectivity index (χ1n) is 35.6. The summed E-state index contributed by atoms with van der Waals surface area (Å²) in [6.45, 7) is 6.65. The molecule has 0 aliphatic carbocycles. The zero-order chi connectivity index (χ0) is 57.8. The highest BCUT2D eigenvalue weighted by atomic mass is 16.6. The summed E-state index contributed by atoms with van der Waals surface area (Å²) in [5.41, 5.74) is 0. The van der Waals surface area contributed by atoms with Gasteiger partial charge >= 0.3 is 17.9 Å². The third kappa shape index (κ3) is 66.2. The standard InChI is InChI=1S/C74H136O6/c1-4-7-10-13-16-19-22-25-28-31-33-34-35-36-37-38-39-40-42-43-46-49-52-55-58-61-64-67-73(76)79-70-71(69-78-72(75)66-63-60-57-54-51-48-45-30-27-24-21-18-15-12-9-6-3)80-74(77)68-65-62-59-56-53-50-47-44-41-32-29-26-23-20-17-14-11-8-5-2/h17,20-21,24,26,29-30,45,71H,4-16,18-19,22-23,25,27-28,31-44,46-70H2,1-3H3/b20-17-,24-21-,29-26-,45-30-. The van der Waals surface area contributed by atoms with E-state index in [0.717, 1.165) is 83.5 Å². The van der Waals surface area contributed by atoms with Crippen LogP contribution >= 0.6 is 0 Å². The van der Waals surface area contributed by atoms with Crippen molar-refractivity contribution in [2.24, 2.45) is 0 Å². The smallest absolute Gasteiger partial charge is 0.306 e. The average Bonchev–Trinajstić information content (AvgIpc) is 3.46. The Balaban J connectivity index is 4.26. The maximum atomic E-state index is 12.9. The van der Waals surface area contributed by atoms with Crippen molar-refractivity contribution in [1.29, 1.82) is 0 Å². The lowest BCUT2D eigenvalue weighted by atomic mass is 10.0. The Hall–Kier alpha value is -2.63. The van der Waals surface area contributed by atoms with Crippen molar-refractivity contribution >= 4 is 17.9 Å². The first-order valence-corrected chi connectivity index (χ1v) is 35.6. The van der Waals surface area contributed by atoms with Gasteiger partial charge in [-0.15, -0.1) is 0 Å². The summed E-state index contributed by atoms with van der Waals surface area (Å²) in [6.07, 6.45) is 87.1. The summed E-state index contributed by atoms with van der Waals surface area (Å²) >= 11 is 0. The fourth-order valence-electron chi connectivity index (χ4n) is 10.7. The van der Waals surface area contributed by atoms with Crippen molar-refractivity contribution in [3.8, 4) is 0 Å². The van der Waals surface area contributed by atoms with Gasteiger partial charge in [-0.3, -0.25) is 14.4 Å². The fraction of sp³-hybridized carbons (Fsp3) is 0.851. The maximum absolute atomic E-state index is 12.9. The summed E-state index contributed by atoms with van der Waals surface area (Å²) in [5.74, 6) is -0.868. The number of allylic oxidation sites excluding steroid dienone is 8. The van der Waals surface area contributed by atoms with Gasteiger partial charge in [0.15, 0.2) is 6.10 Å². The molecule has 0 heterocycles. The van der Waals surface area contributed by atoms with Crippen LogP contribution in [0.1, 0.15) is 387 Å². The zero-order valence-corrected chi connectivity index (χ0v) is 53.9. The number of hydrogen-bond donors (Lipinski definition) is 0. The first-order chi connectivity index (χ1) is 39.5. The summed E-state index contributed by atoms with van der Waals surface area (Å²) in [6, 6.07) is 0. The molecule has 0 aliphatic rings.